The molecule has 1 saturated carbocycles. The van der Waals surface area contributed by atoms with Crippen LogP contribution < -0.4 is 15.5 Å². The molecule has 2 N–H and O–H groups in total. The molecule has 0 radical (unpaired) electrons. The zero-order chi connectivity index (χ0) is 21.1. The van der Waals surface area contributed by atoms with Gasteiger partial charge in [0, 0.05) is 57.2 Å². The van der Waals surface area contributed by atoms with E-state index in [0.717, 1.165) is 96.8 Å². The smallest absolute Gasteiger partial charge is 0.228 e. The van der Waals surface area contributed by atoms with Crippen LogP contribution in [0.5, 0.6) is 0 Å². The van der Waals surface area contributed by atoms with Crippen LogP contribution in [-0.4, -0.2) is 85.3 Å². The normalized spacial score (nSPS) is 31.0. The first-order valence-electron chi connectivity index (χ1n) is 12.1. The Balaban J connectivity index is 0.00000153. The molecule has 186 valence electrons. The van der Waals surface area contributed by atoms with Gasteiger partial charge in [0.15, 0.2) is 0 Å². The summed E-state index contributed by atoms with van der Waals surface area (Å²) in [6.07, 6.45) is 11.6. The summed E-state index contributed by atoms with van der Waals surface area (Å²) in [6, 6.07) is 0.873. The molecule has 3 saturated heterocycles. The van der Waals surface area contributed by atoms with E-state index in [2.05, 4.69) is 30.4 Å². The molecule has 4 heterocycles. The molecule has 0 bridgehead atoms. The number of aromatic nitrogens is 2. The van der Waals surface area contributed by atoms with Gasteiger partial charge in [-0.1, -0.05) is 0 Å². The highest BCUT2D eigenvalue weighted by Gasteiger charge is 2.51. The van der Waals surface area contributed by atoms with Crippen molar-refractivity contribution >= 4 is 36.5 Å². The molecular weight excluding hydrogens is 463 g/mol. The highest BCUT2D eigenvalue weighted by atomic mass is 35.5. The van der Waals surface area contributed by atoms with E-state index in [0.29, 0.717) is 17.9 Å². The summed E-state index contributed by atoms with van der Waals surface area (Å²) < 4.78 is 5.55. The van der Waals surface area contributed by atoms with Crippen LogP contribution >= 0.6 is 24.8 Å². The number of ether oxygens (including phenoxy) is 1. The quantitative estimate of drug-likeness (QED) is 0.652. The average molecular weight is 502 g/mol. The number of carbonyl (C=O) groups excluding carboxylic acids is 1. The SMILES string of the molecule is Cl.Cl.O=C(NC1CCN(c2cnccn2)CC1)[C@@]12CC[C@H](N3CCOCC3)C[C@H]1CCNC2. The molecule has 4 aliphatic rings. The van der Waals surface area contributed by atoms with Crippen LogP contribution in [0.15, 0.2) is 18.6 Å². The molecule has 1 aliphatic carbocycles. The van der Waals surface area contributed by atoms with Crippen molar-refractivity contribution in [2.75, 3.05) is 57.4 Å². The van der Waals surface area contributed by atoms with Crippen LogP contribution in [0.4, 0.5) is 5.82 Å². The second-order valence-electron chi connectivity index (χ2n) is 9.69. The van der Waals surface area contributed by atoms with E-state index in [4.69, 9.17) is 4.74 Å². The summed E-state index contributed by atoms with van der Waals surface area (Å²) in [7, 11) is 0. The fourth-order valence-corrected chi connectivity index (χ4v) is 6.20. The molecule has 1 amide bonds. The minimum atomic E-state index is -0.233. The Labute approximate surface area is 209 Å². The summed E-state index contributed by atoms with van der Waals surface area (Å²) in [5.74, 6) is 1.71. The fraction of sp³-hybridized carbons (Fsp3) is 0.783. The van der Waals surface area contributed by atoms with Gasteiger partial charge in [-0.15, -0.1) is 24.8 Å². The van der Waals surface area contributed by atoms with Gasteiger partial charge in [-0.05, 0) is 51.0 Å². The standard InChI is InChI=1S/C23H36N6O2.2ClH/c30-22(27-19-3-9-29(10-4-19)21-16-24-7-8-26-21)23-5-1-20(28-11-13-31-14-12-28)15-18(23)2-6-25-17-23;;/h7-8,16,18-20,25H,1-6,9-15,17H2,(H,27,30);2*1H/t18-,20+,23-;;/m1../s1. The maximum Gasteiger partial charge on any atom is 0.228 e. The van der Waals surface area contributed by atoms with Crippen LogP contribution in [-0.2, 0) is 9.53 Å². The maximum atomic E-state index is 13.6. The van der Waals surface area contributed by atoms with Gasteiger partial charge in [0.25, 0.3) is 0 Å². The summed E-state index contributed by atoms with van der Waals surface area (Å²) in [6.45, 7) is 7.47. The first kappa shape index (κ1) is 26.4. The highest BCUT2D eigenvalue weighted by molar-refractivity contribution is 5.85. The summed E-state index contributed by atoms with van der Waals surface area (Å²) in [4.78, 5) is 27.1. The minimum Gasteiger partial charge on any atom is -0.379 e. The number of rotatable bonds is 4. The van der Waals surface area contributed by atoms with Gasteiger partial charge >= 0.3 is 0 Å². The summed E-state index contributed by atoms with van der Waals surface area (Å²) in [5.41, 5.74) is -0.233. The lowest BCUT2D eigenvalue weighted by Gasteiger charge is -2.51. The molecule has 3 aliphatic heterocycles. The zero-order valence-corrected chi connectivity index (χ0v) is 20.9. The summed E-state index contributed by atoms with van der Waals surface area (Å²) in [5, 5.41) is 7.02. The van der Waals surface area contributed by atoms with E-state index in [1.807, 2.05) is 6.20 Å². The number of halogens is 2. The average Bonchev–Trinajstić information content (AvgIpc) is 2.85. The highest BCUT2D eigenvalue weighted by Crippen LogP contribution is 2.46. The molecule has 0 unspecified atom stereocenters. The molecule has 0 spiro atoms. The largest absolute Gasteiger partial charge is 0.379 e. The monoisotopic (exact) mass is 500 g/mol. The molecule has 10 heteroatoms. The molecular formula is C23H38Cl2N6O2. The van der Waals surface area contributed by atoms with Crippen molar-refractivity contribution in [1.82, 2.24) is 25.5 Å². The first-order valence-corrected chi connectivity index (χ1v) is 12.1. The van der Waals surface area contributed by atoms with E-state index in [1.165, 1.54) is 0 Å². The number of morpholine rings is 1. The molecule has 1 aromatic rings. The topological polar surface area (TPSA) is 82.6 Å². The number of hydrogen-bond acceptors (Lipinski definition) is 7. The first-order chi connectivity index (χ1) is 15.2. The van der Waals surface area contributed by atoms with Gasteiger partial charge in [-0.25, -0.2) is 4.98 Å². The number of fused-ring (bicyclic) bond motifs is 1. The van der Waals surface area contributed by atoms with Crippen LogP contribution in [0.25, 0.3) is 0 Å². The third-order valence-corrected chi connectivity index (χ3v) is 8.09. The number of nitrogens with one attached hydrogen (secondary N) is 2. The van der Waals surface area contributed by atoms with Crippen molar-refractivity contribution in [2.24, 2.45) is 11.3 Å². The molecule has 4 fully saturated rings. The minimum absolute atomic E-state index is 0. The molecule has 33 heavy (non-hydrogen) atoms. The van der Waals surface area contributed by atoms with E-state index in [-0.39, 0.29) is 36.3 Å². The van der Waals surface area contributed by atoms with Gasteiger partial charge in [0.2, 0.25) is 5.91 Å². The number of nitrogens with zero attached hydrogens (tertiary/aromatic N) is 4. The predicted molar refractivity (Wildman–Crippen MR) is 133 cm³/mol. The van der Waals surface area contributed by atoms with E-state index in [1.54, 1.807) is 12.4 Å². The van der Waals surface area contributed by atoms with Crippen LogP contribution in [0.2, 0.25) is 0 Å². The fourth-order valence-electron chi connectivity index (χ4n) is 6.20. The second-order valence-corrected chi connectivity index (χ2v) is 9.69. The number of amides is 1. The number of anilines is 1. The number of piperidine rings is 2. The maximum absolute atomic E-state index is 13.6. The zero-order valence-electron chi connectivity index (χ0n) is 19.3. The lowest BCUT2D eigenvalue weighted by molar-refractivity contribution is -0.141. The molecule has 1 aromatic heterocycles. The van der Waals surface area contributed by atoms with Gasteiger partial charge in [0.05, 0.1) is 24.8 Å². The third kappa shape index (κ3) is 5.73. The molecule has 8 nitrogen and oxygen atoms in total. The summed E-state index contributed by atoms with van der Waals surface area (Å²) >= 11 is 0. The van der Waals surface area contributed by atoms with Crippen LogP contribution in [0, 0.1) is 11.3 Å². The lowest BCUT2D eigenvalue weighted by Crippen LogP contribution is -2.61. The Hall–Kier alpha value is -1.19. The Bertz CT molecular complexity index is 746. The van der Waals surface area contributed by atoms with Crippen molar-refractivity contribution in [2.45, 2.75) is 50.6 Å². The molecule has 0 aromatic carbocycles. The van der Waals surface area contributed by atoms with E-state index >= 15 is 0 Å². The third-order valence-electron chi connectivity index (χ3n) is 8.09. The van der Waals surface area contributed by atoms with E-state index in [9.17, 15) is 4.79 Å². The second kappa shape index (κ2) is 12.0. The van der Waals surface area contributed by atoms with Crippen LogP contribution in [0.1, 0.15) is 38.5 Å². The van der Waals surface area contributed by atoms with E-state index < -0.39 is 0 Å². The molecule has 3 atom stereocenters. The Kier molecular flexibility index (Phi) is 9.59. The molecule has 5 rings (SSSR count). The predicted octanol–water partition coefficient (Wildman–Crippen LogP) is 1.89. The van der Waals surface area contributed by atoms with Crippen molar-refractivity contribution in [1.29, 1.82) is 0 Å². The van der Waals surface area contributed by atoms with Crippen molar-refractivity contribution in [3.63, 3.8) is 0 Å². The van der Waals surface area contributed by atoms with Crippen molar-refractivity contribution in [3.8, 4) is 0 Å². The Morgan fingerprint density at radius 1 is 1.09 bits per heavy atom. The lowest BCUT2D eigenvalue weighted by atomic mass is 9.61. The Morgan fingerprint density at radius 3 is 2.61 bits per heavy atom. The van der Waals surface area contributed by atoms with Crippen molar-refractivity contribution < 1.29 is 9.53 Å². The van der Waals surface area contributed by atoms with Crippen LogP contribution in [0.3, 0.4) is 0 Å². The Morgan fingerprint density at radius 2 is 1.88 bits per heavy atom. The van der Waals surface area contributed by atoms with Crippen molar-refractivity contribution in [3.05, 3.63) is 18.6 Å². The van der Waals surface area contributed by atoms with Gasteiger partial charge in [-0.3, -0.25) is 14.7 Å². The number of carbonyl (C=O) groups is 1. The van der Waals surface area contributed by atoms with Gasteiger partial charge in [-0.2, -0.15) is 0 Å². The number of hydrogen-bond donors (Lipinski definition) is 2. The van der Waals surface area contributed by atoms with Gasteiger partial charge < -0.3 is 20.3 Å². The van der Waals surface area contributed by atoms with Gasteiger partial charge in [0.1, 0.15) is 5.82 Å².